The van der Waals surface area contributed by atoms with Crippen LogP contribution in [-0.2, 0) is 11.0 Å². The second kappa shape index (κ2) is 8.35. The maximum absolute atomic E-state index is 14.4. The molecule has 2 heterocycles. The van der Waals surface area contributed by atoms with Crippen LogP contribution in [0.4, 0.5) is 33.5 Å². The summed E-state index contributed by atoms with van der Waals surface area (Å²) in [5.74, 6) is -4.12. The van der Waals surface area contributed by atoms with Gasteiger partial charge in [0.1, 0.15) is 23.5 Å². The zero-order valence-corrected chi connectivity index (χ0v) is 18.4. The number of aryl methyl sites for hydroxylation is 1. The number of anilines is 2. The van der Waals surface area contributed by atoms with E-state index in [4.69, 9.17) is 11.6 Å². The Bertz CT molecular complexity index is 1330. The summed E-state index contributed by atoms with van der Waals surface area (Å²) in [4.78, 5) is 32.5. The predicted molar refractivity (Wildman–Crippen MR) is 115 cm³/mol. The lowest BCUT2D eigenvalue weighted by Gasteiger charge is -2.29. The summed E-state index contributed by atoms with van der Waals surface area (Å²) in [6.07, 6.45) is -4.72. The summed E-state index contributed by atoms with van der Waals surface area (Å²) in [6, 6.07) is 7.43. The van der Waals surface area contributed by atoms with Crippen LogP contribution in [0.15, 0.2) is 48.5 Å². The van der Waals surface area contributed by atoms with Crippen molar-refractivity contribution in [1.29, 1.82) is 0 Å². The Labute approximate surface area is 195 Å². The highest BCUT2D eigenvalue weighted by molar-refractivity contribution is 6.31. The minimum atomic E-state index is -4.72. The van der Waals surface area contributed by atoms with Gasteiger partial charge >= 0.3 is 6.18 Å². The number of rotatable bonds is 3. The maximum atomic E-state index is 14.4. The summed E-state index contributed by atoms with van der Waals surface area (Å²) >= 11 is 5.74. The zero-order valence-electron chi connectivity index (χ0n) is 17.6. The van der Waals surface area contributed by atoms with Crippen molar-refractivity contribution in [2.75, 3.05) is 16.8 Å². The average Bonchev–Trinajstić information content (AvgIpc) is 3.07. The van der Waals surface area contributed by atoms with Crippen LogP contribution in [0.25, 0.3) is 0 Å². The van der Waals surface area contributed by atoms with Crippen LogP contribution in [0.5, 0.6) is 0 Å². The van der Waals surface area contributed by atoms with Gasteiger partial charge in [-0.3, -0.25) is 14.5 Å². The molecule has 1 atom stereocenters. The Kier molecular flexibility index (Phi) is 5.80. The summed E-state index contributed by atoms with van der Waals surface area (Å²) in [5, 5.41) is -0.439. The third-order valence-electron chi connectivity index (χ3n) is 5.39. The van der Waals surface area contributed by atoms with Gasteiger partial charge in [0.2, 0.25) is 0 Å². The van der Waals surface area contributed by atoms with Crippen LogP contribution in [0.2, 0.25) is 5.02 Å². The highest BCUT2D eigenvalue weighted by Crippen LogP contribution is 2.41. The Morgan fingerprint density at radius 3 is 2.44 bits per heavy atom. The van der Waals surface area contributed by atoms with Crippen LogP contribution in [-0.4, -0.2) is 23.8 Å². The van der Waals surface area contributed by atoms with Crippen molar-refractivity contribution in [2.45, 2.75) is 19.1 Å². The Hall–Kier alpha value is -3.53. The molecule has 1 aromatic heterocycles. The molecule has 0 unspecified atom stereocenters. The van der Waals surface area contributed by atoms with Crippen molar-refractivity contribution >= 4 is 34.9 Å². The van der Waals surface area contributed by atoms with E-state index in [0.717, 1.165) is 21.9 Å². The van der Waals surface area contributed by atoms with Crippen molar-refractivity contribution in [2.24, 2.45) is 0 Å². The Morgan fingerprint density at radius 1 is 1.09 bits per heavy atom. The van der Waals surface area contributed by atoms with Gasteiger partial charge in [0, 0.05) is 24.4 Å². The fraction of sp³-hybridized carbons (Fsp3) is 0.174. The number of nitrogens with zero attached hydrogens (tertiary/aromatic N) is 3. The first-order valence-corrected chi connectivity index (χ1v) is 10.2. The van der Waals surface area contributed by atoms with Gasteiger partial charge < -0.3 is 4.90 Å². The fourth-order valence-corrected chi connectivity index (χ4v) is 3.96. The third-order valence-corrected chi connectivity index (χ3v) is 5.68. The van der Waals surface area contributed by atoms with Crippen molar-refractivity contribution in [3.63, 3.8) is 0 Å². The topological polar surface area (TPSA) is 53.5 Å². The number of aromatic nitrogens is 1. The molecule has 3 aromatic rings. The van der Waals surface area contributed by atoms with E-state index in [0.29, 0.717) is 12.1 Å². The van der Waals surface area contributed by atoms with Crippen molar-refractivity contribution in [3.05, 3.63) is 87.6 Å². The van der Waals surface area contributed by atoms with Crippen molar-refractivity contribution < 1.29 is 31.5 Å². The second-order valence-electron chi connectivity index (χ2n) is 7.63. The van der Waals surface area contributed by atoms with E-state index in [1.807, 2.05) is 0 Å². The molecule has 0 saturated carbocycles. The second-order valence-corrected chi connectivity index (χ2v) is 8.04. The van der Waals surface area contributed by atoms with Crippen LogP contribution < -0.4 is 9.80 Å². The van der Waals surface area contributed by atoms with Crippen LogP contribution in [0, 0.1) is 18.6 Å². The number of benzene rings is 2. The minimum absolute atomic E-state index is 0.0236. The van der Waals surface area contributed by atoms with Gasteiger partial charge in [-0.1, -0.05) is 29.8 Å². The molecule has 5 nitrogen and oxygen atoms in total. The molecule has 0 saturated heterocycles. The molecule has 0 fully saturated rings. The van der Waals surface area contributed by atoms with Gasteiger partial charge in [0.15, 0.2) is 0 Å². The molecule has 0 radical (unpaired) electrons. The van der Waals surface area contributed by atoms with Gasteiger partial charge in [0.05, 0.1) is 16.3 Å². The van der Waals surface area contributed by atoms with Gasteiger partial charge in [-0.15, -0.1) is 0 Å². The normalized spacial score (nSPS) is 15.5. The van der Waals surface area contributed by atoms with Crippen LogP contribution >= 0.6 is 11.6 Å². The summed E-state index contributed by atoms with van der Waals surface area (Å²) in [5.41, 5.74) is -1.15. The fourth-order valence-electron chi connectivity index (χ4n) is 3.81. The van der Waals surface area contributed by atoms with E-state index in [1.54, 1.807) is 6.07 Å². The lowest BCUT2D eigenvalue weighted by Crippen LogP contribution is -2.41. The first-order valence-electron chi connectivity index (χ1n) is 9.80. The van der Waals surface area contributed by atoms with Gasteiger partial charge in [-0.2, -0.15) is 13.2 Å². The lowest BCUT2D eigenvalue weighted by atomic mass is 10.0. The van der Waals surface area contributed by atoms with Gasteiger partial charge in [-0.05, 0) is 36.8 Å². The average molecular weight is 496 g/mol. The Morgan fingerprint density at radius 2 is 1.76 bits per heavy atom. The lowest BCUT2D eigenvalue weighted by molar-refractivity contribution is -0.137. The molecule has 2 aromatic carbocycles. The first kappa shape index (κ1) is 23.6. The van der Waals surface area contributed by atoms with Gasteiger partial charge in [-0.25, -0.2) is 13.8 Å². The molecule has 11 heteroatoms. The number of alkyl halides is 3. The molecule has 1 aliphatic heterocycles. The number of hydrogen-bond donors (Lipinski definition) is 0. The molecule has 0 aliphatic carbocycles. The first-order chi connectivity index (χ1) is 15.9. The summed E-state index contributed by atoms with van der Waals surface area (Å²) < 4.78 is 68.3. The molecule has 0 N–H and O–H groups in total. The van der Waals surface area contributed by atoms with E-state index in [1.165, 1.54) is 32.2 Å². The molecule has 176 valence electrons. The number of carbonyl (C=O) groups is 2. The van der Waals surface area contributed by atoms with Crippen molar-refractivity contribution in [3.8, 4) is 0 Å². The zero-order chi connectivity index (χ0) is 24.9. The Balaban J connectivity index is 1.86. The highest BCUT2D eigenvalue weighted by atomic mass is 35.5. The monoisotopic (exact) mass is 495 g/mol. The van der Waals surface area contributed by atoms with Crippen molar-refractivity contribution in [1.82, 2.24) is 4.98 Å². The predicted octanol–water partition coefficient (Wildman–Crippen LogP) is 5.70. The smallest absolute Gasteiger partial charge is 0.311 e. The number of hydrogen-bond acceptors (Lipinski definition) is 3. The van der Waals surface area contributed by atoms with Crippen LogP contribution in [0.1, 0.15) is 33.2 Å². The molecule has 2 amide bonds. The summed E-state index contributed by atoms with van der Waals surface area (Å²) in [7, 11) is 1.18. The largest absolute Gasteiger partial charge is 0.416 e. The molecule has 0 bridgehead atoms. The van der Waals surface area contributed by atoms with E-state index in [9.17, 15) is 31.5 Å². The van der Waals surface area contributed by atoms with E-state index < -0.39 is 52.1 Å². The highest BCUT2D eigenvalue weighted by Gasteiger charge is 2.45. The minimum Gasteiger partial charge on any atom is -0.311 e. The van der Waals surface area contributed by atoms with E-state index in [2.05, 4.69) is 4.98 Å². The number of fused-ring (bicyclic) bond motifs is 1. The molecular formula is C23H15ClF5N3O2. The van der Waals surface area contributed by atoms with Gasteiger partial charge in [0.25, 0.3) is 11.8 Å². The third kappa shape index (κ3) is 3.98. The molecule has 1 aliphatic rings. The van der Waals surface area contributed by atoms with E-state index in [-0.39, 0.29) is 22.5 Å². The molecule has 34 heavy (non-hydrogen) atoms. The van der Waals surface area contributed by atoms with E-state index >= 15 is 0 Å². The quantitative estimate of drug-likeness (QED) is 0.346. The number of pyridine rings is 1. The molecule has 4 rings (SSSR count). The van der Waals surface area contributed by atoms with Crippen LogP contribution in [0.3, 0.4) is 0 Å². The summed E-state index contributed by atoms with van der Waals surface area (Å²) in [6.45, 7) is 1.32. The number of halogens is 6. The number of likely N-dealkylation sites (N-methyl/N-ethyl adjacent to an activating group) is 1. The SMILES string of the molecule is Cc1cc(C(F)(F)F)cc(N2C(=O)c3ccccc3[C@H]2C(=O)N(C)c2cc(Cl)c(F)cc2F)n1. The molecule has 0 spiro atoms. The number of amides is 2. The molecular weight excluding hydrogens is 481 g/mol. The number of carbonyl (C=O) groups excluding carboxylic acids is 2. The maximum Gasteiger partial charge on any atom is 0.416 e. The standard InChI is InChI=1S/C23H15ClF5N3O2/c1-11-7-12(23(27,28)29)8-19(30-11)32-20(13-5-3-4-6-14(13)21(32)33)22(34)31(2)18-9-15(24)16(25)10-17(18)26/h3-10,20H,1-2H3/t20-/m0/s1.